The molecule has 0 spiro atoms. The fourth-order valence-corrected chi connectivity index (χ4v) is 1.24. The lowest BCUT2D eigenvalue weighted by Gasteiger charge is -2.06. The molecule has 1 aromatic rings. The van der Waals surface area contributed by atoms with Gasteiger partial charge in [0.25, 0.3) is 0 Å². The second-order valence-electron chi connectivity index (χ2n) is 2.76. The fraction of sp³-hybridized carbons (Fsp3) is 0.222. The molecule has 82 valence electrons. The van der Waals surface area contributed by atoms with Gasteiger partial charge in [-0.25, -0.2) is 4.39 Å². The summed E-state index contributed by atoms with van der Waals surface area (Å²) in [4.78, 5) is 0. The lowest BCUT2D eigenvalue weighted by molar-refractivity contribution is 0.298. The van der Waals surface area contributed by atoms with E-state index in [0.717, 1.165) is 0 Å². The molecule has 0 aliphatic carbocycles. The molecule has 1 rings (SSSR count). The number of benzene rings is 1. The molecule has 6 heteroatoms. The van der Waals surface area contributed by atoms with E-state index in [9.17, 15) is 4.39 Å². The van der Waals surface area contributed by atoms with Crippen molar-refractivity contribution in [3.8, 4) is 5.75 Å². The zero-order valence-electron chi connectivity index (χ0n) is 7.78. The van der Waals surface area contributed by atoms with Gasteiger partial charge in [-0.3, -0.25) is 0 Å². The molecule has 0 saturated heterocycles. The van der Waals surface area contributed by atoms with E-state index in [0.29, 0.717) is 4.47 Å². The van der Waals surface area contributed by atoms with Crippen LogP contribution in [0, 0.1) is 5.82 Å². The molecule has 1 aromatic carbocycles. The van der Waals surface area contributed by atoms with Gasteiger partial charge in [-0.2, -0.15) is 0 Å². The molecule has 0 atom stereocenters. The van der Waals surface area contributed by atoms with E-state index in [2.05, 4.69) is 21.1 Å². The maximum Gasteiger partial charge on any atom is 0.166 e. The van der Waals surface area contributed by atoms with Crippen LogP contribution >= 0.6 is 15.9 Å². The van der Waals surface area contributed by atoms with Crippen LogP contribution in [0.5, 0.6) is 5.75 Å². The van der Waals surface area contributed by atoms with Crippen LogP contribution < -0.4 is 10.5 Å². The first-order valence-corrected chi connectivity index (χ1v) is 4.97. The monoisotopic (exact) mass is 276 g/mol. The molecule has 0 fully saturated rings. The van der Waals surface area contributed by atoms with Crippen LogP contribution in [-0.2, 0) is 0 Å². The Kier molecular flexibility index (Phi) is 4.36. The Labute approximate surface area is 94.7 Å². The van der Waals surface area contributed by atoms with Crippen molar-refractivity contribution in [1.29, 1.82) is 0 Å². The summed E-state index contributed by atoms with van der Waals surface area (Å²) >= 11 is 3.13. The molecule has 0 radical (unpaired) electrons. The highest BCUT2D eigenvalue weighted by Gasteiger charge is 2.03. The first-order valence-electron chi connectivity index (χ1n) is 4.17. The van der Waals surface area contributed by atoms with Crippen LogP contribution in [0.4, 0.5) is 4.39 Å². The van der Waals surface area contributed by atoms with E-state index in [1.807, 2.05) is 0 Å². The number of amidine groups is 1. The Hall–Kier alpha value is -1.30. The highest BCUT2D eigenvalue weighted by atomic mass is 79.9. The van der Waals surface area contributed by atoms with Crippen molar-refractivity contribution in [3.05, 3.63) is 28.5 Å². The molecule has 0 aliphatic rings. The van der Waals surface area contributed by atoms with E-state index in [-0.39, 0.29) is 24.6 Å². The average molecular weight is 277 g/mol. The molecule has 0 unspecified atom stereocenters. The third-order valence-electron chi connectivity index (χ3n) is 1.64. The first kappa shape index (κ1) is 11.8. The first-order chi connectivity index (χ1) is 7.13. The predicted octanol–water partition coefficient (Wildman–Crippen LogP) is 2.10. The molecule has 0 aromatic heterocycles. The SMILES string of the molecule is N/C(CCOc1ccc(Br)cc1F)=N\O. The zero-order chi connectivity index (χ0) is 11.3. The molecule has 4 nitrogen and oxygen atoms in total. The standard InChI is InChI=1S/C9H10BrFN2O2/c10-6-1-2-8(7(11)5-6)15-4-3-9(12)13-14/h1-2,5,14H,3-4H2,(H2,12,13). The van der Waals surface area contributed by atoms with Gasteiger partial charge in [0.15, 0.2) is 11.6 Å². The number of nitrogens with zero attached hydrogens (tertiary/aromatic N) is 1. The number of hydrogen-bond donors (Lipinski definition) is 2. The van der Waals surface area contributed by atoms with Crippen LogP contribution in [0.25, 0.3) is 0 Å². The molecule has 0 heterocycles. The lowest BCUT2D eigenvalue weighted by atomic mass is 10.3. The molecule has 0 aliphatic heterocycles. The summed E-state index contributed by atoms with van der Waals surface area (Å²) in [5.41, 5.74) is 5.22. The maximum atomic E-state index is 13.2. The minimum absolute atomic E-state index is 0.0486. The summed E-state index contributed by atoms with van der Waals surface area (Å²) in [6.07, 6.45) is 0.242. The number of hydrogen-bond acceptors (Lipinski definition) is 3. The summed E-state index contributed by atoms with van der Waals surface area (Å²) in [6, 6.07) is 4.48. The van der Waals surface area contributed by atoms with Crippen molar-refractivity contribution < 1.29 is 14.3 Å². The van der Waals surface area contributed by atoms with E-state index in [1.54, 1.807) is 6.07 Å². The minimum atomic E-state index is -0.455. The van der Waals surface area contributed by atoms with Crippen LogP contribution in [-0.4, -0.2) is 17.6 Å². The van der Waals surface area contributed by atoms with Gasteiger partial charge in [0.1, 0.15) is 5.84 Å². The van der Waals surface area contributed by atoms with Gasteiger partial charge in [0.2, 0.25) is 0 Å². The minimum Gasteiger partial charge on any atom is -0.490 e. The van der Waals surface area contributed by atoms with Crippen molar-refractivity contribution in [2.24, 2.45) is 10.9 Å². The maximum absolute atomic E-state index is 13.2. The number of ether oxygens (including phenoxy) is 1. The summed E-state index contributed by atoms with van der Waals surface area (Å²) in [6.45, 7) is 0.161. The largest absolute Gasteiger partial charge is 0.490 e. The third kappa shape index (κ3) is 3.75. The second-order valence-corrected chi connectivity index (χ2v) is 3.68. The normalized spacial score (nSPS) is 11.5. The second kappa shape index (κ2) is 5.55. The lowest BCUT2D eigenvalue weighted by Crippen LogP contribution is -2.15. The molecular formula is C9H10BrFN2O2. The van der Waals surface area contributed by atoms with E-state index < -0.39 is 5.82 Å². The molecule has 0 bridgehead atoms. The Bertz CT molecular complexity index is 371. The van der Waals surface area contributed by atoms with Gasteiger partial charge in [-0.15, -0.1) is 0 Å². The van der Waals surface area contributed by atoms with Crippen molar-refractivity contribution >= 4 is 21.8 Å². The van der Waals surface area contributed by atoms with Crippen LogP contribution in [0.2, 0.25) is 0 Å². The van der Waals surface area contributed by atoms with Crippen LogP contribution in [0.1, 0.15) is 6.42 Å². The predicted molar refractivity (Wildman–Crippen MR) is 57.6 cm³/mol. The van der Waals surface area contributed by atoms with Gasteiger partial charge in [-0.1, -0.05) is 21.1 Å². The fourth-order valence-electron chi connectivity index (χ4n) is 0.908. The third-order valence-corrected chi connectivity index (χ3v) is 2.13. The molecular weight excluding hydrogens is 267 g/mol. The van der Waals surface area contributed by atoms with Crippen molar-refractivity contribution in [1.82, 2.24) is 0 Å². The summed E-state index contributed by atoms with van der Waals surface area (Å²) < 4.78 is 18.9. The van der Waals surface area contributed by atoms with Crippen molar-refractivity contribution in [2.75, 3.05) is 6.61 Å². The Morgan fingerprint density at radius 3 is 2.93 bits per heavy atom. The van der Waals surface area contributed by atoms with Crippen molar-refractivity contribution in [3.63, 3.8) is 0 Å². The zero-order valence-corrected chi connectivity index (χ0v) is 9.37. The summed E-state index contributed by atoms with van der Waals surface area (Å²) in [7, 11) is 0. The van der Waals surface area contributed by atoms with Gasteiger partial charge >= 0.3 is 0 Å². The van der Waals surface area contributed by atoms with E-state index in [1.165, 1.54) is 12.1 Å². The Morgan fingerprint density at radius 1 is 1.60 bits per heavy atom. The van der Waals surface area contributed by atoms with Gasteiger partial charge in [-0.05, 0) is 18.2 Å². The molecule has 0 saturated carbocycles. The smallest absolute Gasteiger partial charge is 0.166 e. The Balaban J connectivity index is 2.51. The topological polar surface area (TPSA) is 67.8 Å². The highest BCUT2D eigenvalue weighted by molar-refractivity contribution is 9.10. The number of oxime groups is 1. The van der Waals surface area contributed by atoms with Gasteiger partial charge in [0.05, 0.1) is 6.61 Å². The quantitative estimate of drug-likeness (QED) is 0.383. The Morgan fingerprint density at radius 2 is 2.33 bits per heavy atom. The van der Waals surface area contributed by atoms with Crippen LogP contribution in [0.15, 0.2) is 27.8 Å². The summed E-state index contributed by atoms with van der Waals surface area (Å²) in [5, 5.41) is 11.0. The number of nitrogens with two attached hydrogens (primary N) is 1. The van der Waals surface area contributed by atoms with E-state index in [4.69, 9.17) is 15.7 Å². The van der Waals surface area contributed by atoms with Gasteiger partial charge < -0.3 is 15.7 Å². The summed E-state index contributed by atoms with van der Waals surface area (Å²) in [5.74, 6) is -0.264. The molecule has 15 heavy (non-hydrogen) atoms. The van der Waals surface area contributed by atoms with Crippen LogP contribution in [0.3, 0.4) is 0 Å². The number of halogens is 2. The van der Waals surface area contributed by atoms with Gasteiger partial charge in [0, 0.05) is 10.9 Å². The van der Waals surface area contributed by atoms with E-state index >= 15 is 0 Å². The average Bonchev–Trinajstić information content (AvgIpc) is 2.21. The molecule has 0 amide bonds. The van der Waals surface area contributed by atoms with Crippen molar-refractivity contribution in [2.45, 2.75) is 6.42 Å². The molecule has 3 N–H and O–H groups in total. The number of rotatable bonds is 4. The highest BCUT2D eigenvalue weighted by Crippen LogP contribution is 2.21.